The van der Waals surface area contributed by atoms with Crippen LogP contribution in [0.1, 0.15) is 42.1 Å². The largest absolute Gasteiger partial charge is 0.359 e. The molecular formula is C16H20N4O3S. The van der Waals surface area contributed by atoms with Crippen molar-refractivity contribution in [3.63, 3.8) is 0 Å². The average molecular weight is 348 g/mol. The third kappa shape index (κ3) is 3.33. The van der Waals surface area contributed by atoms with Crippen molar-refractivity contribution in [1.29, 1.82) is 0 Å². The molecule has 1 saturated heterocycles. The zero-order valence-corrected chi connectivity index (χ0v) is 14.6. The Hall–Kier alpha value is -2.22. The van der Waals surface area contributed by atoms with Crippen LogP contribution in [0.4, 0.5) is 5.69 Å². The molecule has 0 bridgehead atoms. The zero-order chi connectivity index (χ0) is 17.1. The van der Waals surface area contributed by atoms with Gasteiger partial charge in [0.05, 0.1) is 5.01 Å². The summed E-state index contributed by atoms with van der Waals surface area (Å²) in [5.74, 6) is -0.443. The Morgan fingerprint density at radius 2 is 2.33 bits per heavy atom. The molecule has 1 aliphatic rings. The fourth-order valence-corrected chi connectivity index (χ4v) is 3.70. The Kier molecular flexibility index (Phi) is 4.94. The van der Waals surface area contributed by atoms with Gasteiger partial charge in [0.1, 0.15) is 11.4 Å². The first-order valence-electron chi connectivity index (χ1n) is 8.05. The minimum atomic E-state index is -0.643. The lowest BCUT2D eigenvalue weighted by Gasteiger charge is -2.31. The van der Waals surface area contributed by atoms with E-state index in [2.05, 4.69) is 15.5 Å². The molecule has 128 valence electrons. The van der Waals surface area contributed by atoms with Crippen molar-refractivity contribution in [2.24, 2.45) is 0 Å². The molecule has 0 radical (unpaired) electrons. The van der Waals surface area contributed by atoms with Crippen LogP contribution in [-0.4, -0.2) is 39.9 Å². The Bertz CT molecular complexity index is 726. The number of thiazole rings is 1. The number of nitrogens with one attached hydrogen (secondary N) is 1. The molecule has 1 atom stereocenters. The smallest absolute Gasteiger partial charge is 0.314 e. The summed E-state index contributed by atoms with van der Waals surface area (Å²) in [4.78, 5) is 30.8. The molecule has 3 rings (SSSR count). The van der Waals surface area contributed by atoms with Gasteiger partial charge in [-0.2, -0.15) is 0 Å². The first kappa shape index (κ1) is 16.6. The molecule has 7 nitrogen and oxygen atoms in total. The van der Waals surface area contributed by atoms with Crippen molar-refractivity contribution >= 4 is 28.8 Å². The number of aryl methyl sites for hydroxylation is 2. The van der Waals surface area contributed by atoms with E-state index in [1.165, 1.54) is 0 Å². The van der Waals surface area contributed by atoms with Gasteiger partial charge in [-0.25, -0.2) is 4.98 Å². The first-order valence-corrected chi connectivity index (χ1v) is 8.93. The number of piperidine rings is 1. The van der Waals surface area contributed by atoms with Gasteiger partial charge in [-0.05, 0) is 26.2 Å². The Labute approximate surface area is 144 Å². The van der Waals surface area contributed by atoms with Gasteiger partial charge >= 0.3 is 11.8 Å². The fraction of sp³-hybridized carbons (Fsp3) is 0.500. The van der Waals surface area contributed by atoms with Crippen LogP contribution in [0, 0.1) is 6.92 Å². The van der Waals surface area contributed by atoms with Gasteiger partial charge in [0.25, 0.3) is 0 Å². The van der Waals surface area contributed by atoms with Crippen LogP contribution in [0.2, 0.25) is 0 Å². The third-order valence-corrected chi connectivity index (χ3v) is 5.15. The molecule has 0 aliphatic carbocycles. The standard InChI is InChI=1S/C16H20N4O3S/c1-3-12-13(10(2)23-19-12)18-14(21)16(22)20-7-4-5-11(9-20)15-17-6-8-24-15/h6,8,11H,3-5,7,9H2,1-2H3,(H,18,21). The molecule has 24 heavy (non-hydrogen) atoms. The Balaban J connectivity index is 1.67. The summed E-state index contributed by atoms with van der Waals surface area (Å²) in [6.45, 7) is 4.75. The van der Waals surface area contributed by atoms with E-state index >= 15 is 0 Å². The van der Waals surface area contributed by atoms with Gasteiger partial charge in [-0.1, -0.05) is 12.1 Å². The number of hydrogen-bond donors (Lipinski definition) is 1. The van der Waals surface area contributed by atoms with Crippen molar-refractivity contribution in [2.45, 2.75) is 39.0 Å². The van der Waals surface area contributed by atoms with E-state index in [-0.39, 0.29) is 5.92 Å². The van der Waals surface area contributed by atoms with E-state index in [4.69, 9.17) is 4.52 Å². The molecule has 0 saturated carbocycles. The molecule has 2 aromatic rings. The summed E-state index contributed by atoms with van der Waals surface area (Å²) < 4.78 is 5.08. The van der Waals surface area contributed by atoms with Crippen LogP contribution in [-0.2, 0) is 16.0 Å². The van der Waals surface area contributed by atoms with E-state index < -0.39 is 11.8 Å². The highest BCUT2D eigenvalue weighted by Gasteiger charge is 2.30. The number of hydrogen-bond acceptors (Lipinski definition) is 6. The van der Waals surface area contributed by atoms with Crippen molar-refractivity contribution in [3.8, 4) is 0 Å². The SMILES string of the molecule is CCc1noc(C)c1NC(=O)C(=O)N1CCCC(c2nccs2)C1. The van der Waals surface area contributed by atoms with Gasteiger partial charge in [0, 0.05) is 30.6 Å². The van der Waals surface area contributed by atoms with E-state index in [0.29, 0.717) is 36.7 Å². The molecule has 1 fully saturated rings. The molecule has 2 amide bonds. The number of likely N-dealkylation sites (tertiary alicyclic amines) is 1. The van der Waals surface area contributed by atoms with E-state index in [1.807, 2.05) is 12.3 Å². The normalized spacial score (nSPS) is 17.8. The highest BCUT2D eigenvalue weighted by molar-refractivity contribution is 7.09. The van der Waals surface area contributed by atoms with Crippen molar-refractivity contribution in [1.82, 2.24) is 15.0 Å². The summed E-state index contributed by atoms with van der Waals surface area (Å²) >= 11 is 1.59. The van der Waals surface area contributed by atoms with E-state index in [1.54, 1.807) is 29.4 Å². The van der Waals surface area contributed by atoms with Crippen LogP contribution in [0.5, 0.6) is 0 Å². The maximum atomic E-state index is 12.5. The molecular weight excluding hydrogens is 328 g/mol. The van der Waals surface area contributed by atoms with Crippen molar-refractivity contribution < 1.29 is 14.1 Å². The maximum absolute atomic E-state index is 12.5. The lowest BCUT2D eigenvalue weighted by atomic mass is 9.98. The van der Waals surface area contributed by atoms with Gasteiger partial charge in [0.2, 0.25) is 0 Å². The minimum absolute atomic E-state index is 0.207. The van der Waals surface area contributed by atoms with Crippen LogP contribution < -0.4 is 5.32 Å². The number of anilines is 1. The van der Waals surface area contributed by atoms with Gasteiger partial charge in [0.15, 0.2) is 5.76 Å². The summed E-state index contributed by atoms with van der Waals surface area (Å²) in [6.07, 6.45) is 4.25. The summed E-state index contributed by atoms with van der Waals surface area (Å²) in [6, 6.07) is 0. The fourth-order valence-electron chi connectivity index (χ4n) is 2.93. The number of carbonyl (C=O) groups excluding carboxylic acids is 2. The lowest BCUT2D eigenvalue weighted by Crippen LogP contribution is -2.44. The average Bonchev–Trinajstić information content (AvgIpc) is 3.25. The van der Waals surface area contributed by atoms with Crippen molar-refractivity contribution in [2.75, 3.05) is 18.4 Å². The second-order valence-corrected chi connectivity index (χ2v) is 6.75. The first-order chi connectivity index (χ1) is 11.6. The molecule has 3 heterocycles. The monoisotopic (exact) mass is 348 g/mol. The Morgan fingerprint density at radius 1 is 1.50 bits per heavy atom. The Morgan fingerprint density at radius 3 is 3.04 bits per heavy atom. The van der Waals surface area contributed by atoms with E-state index in [9.17, 15) is 9.59 Å². The molecule has 1 unspecified atom stereocenters. The summed E-state index contributed by atoms with van der Waals surface area (Å²) in [5, 5.41) is 9.50. The number of carbonyl (C=O) groups is 2. The number of amides is 2. The predicted octanol–water partition coefficient (Wildman–Crippen LogP) is 2.35. The summed E-state index contributed by atoms with van der Waals surface area (Å²) in [5.41, 5.74) is 1.15. The van der Waals surface area contributed by atoms with Crippen LogP contribution in [0.25, 0.3) is 0 Å². The molecule has 0 aromatic carbocycles. The number of nitrogens with zero attached hydrogens (tertiary/aromatic N) is 3. The maximum Gasteiger partial charge on any atom is 0.314 e. The number of rotatable bonds is 3. The second kappa shape index (κ2) is 7.12. The quantitative estimate of drug-likeness (QED) is 0.860. The molecule has 1 aliphatic heterocycles. The van der Waals surface area contributed by atoms with E-state index in [0.717, 1.165) is 17.8 Å². The van der Waals surface area contributed by atoms with Crippen LogP contribution in [0.15, 0.2) is 16.1 Å². The lowest BCUT2D eigenvalue weighted by molar-refractivity contribution is -0.144. The van der Waals surface area contributed by atoms with Crippen LogP contribution in [0.3, 0.4) is 0 Å². The predicted molar refractivity (Wildman–Crippen MR) is 89.9 cm³/mol. The summed E-state index contributed by atoms with van der Waals surface area (Å²) in [7, 11) is 0. The second-order valence-electron chi connectivity index (χ2n) is 5.83. The number of aromatic nitrogens is 2. The molecule has 1 N–H and O–H groups in total. The van der Waals surface area contributed by atoms with Gasteiger partial charge < -0.3 is 14.7 Å². The van der Waals surface area contributed by atoms with Gasteiger partial charge in [-0.15, -0.1) is 11.3 Å². The van der Waals surface area contributed by atoms with Crippen LogP contribution >= 0.6 is 11.3 Å². The highest BCUT2D eigenvalue weighted by atomic mass is 32.1. The van der Waals surface area contributed by atoms with Crippen molar-refractivity contribution in [3.05, 3.63) is 28.0 Å². The van der Waals surface area contributed by atoms with Gasteiger partial charge in [-0.3, -0.25) is 9.59 Å². The molecule has 0 spiro atoms. The molecule has 8 heteroatoms. The minimum Gasteiger partial charge on any atom is -0.359 e. The third-order valence-electron chi connectivity index (χ3n) is 4.21. The highest BCUT2D eigenvalue weighted by Crippen LogP contribution is 2.28. The topological polar surface area (TPSA) is 88.3 Å². The molecule has 2 aromatic heterocycles. The zero-order valence-electron chi connectivity index (χ0n) is 13.7.